The number of carbonyl (C=O) groups excluding carboxylic acids is 2. The van der Waals surface area contributed by atoms with Crippen molar-refractivity contribution in [2.24, 2.45) is 0 Å². The number of aliphatic hydroxyl groups excluding tert-OH is 2. The molecule has 0 aromatic rings. The number of Topliss-reactive ketones (excluding diaryl/α,β-unsaturated/α-hetero) is 2. The van der Waals surface area contributed by atoms with Crippen LogP contribution in [-0.2, 0) is 9.59 Å². The lowest BCUT2D eigenvalue weighted by atomic mass is 10.4. The average Bonchev–Trinajstić information content (AvgIpc) is 2.09. The van der Waals surface area contributed by atoms with Gasteiger partial charge in [-0.05, 0) is 49.3 Å². The lowest BCUT2D eigenvalue weighted by Crippen LogP contribution is -1.98. The quantitative estimate of drug-likeness (QED) is 0.450. The first-order valence-electron chi connectivity index (χ1n) is 4.43. The van der Waals surface area contributed by atoms with Crippen LogP contribution in [0.4, 0.5) is 0 Å². The van der Waals surface area contributed by atoms with Crippen molar-refractivity contribution in [3.63, 3.8) is 0 Å². The molecule has 0 aromatic carbocycles. The molecule has 0 rings (SSSR count). The van der Waals surface area contributed by atoms with Gasteiger partial charge in [0.2, 0.25) is 0 Å². The summed E-state index contributed by atoms with van der Waals surface area (Å²) in [6, 6.07) is 0. The van der Waals surface area contributed by atoms with Crippen LogP contribution in [0.25, 0.3) is 0 Å². The normalized spacial score (nSPS) is 14.0. The molecule has 0 unspecified atom stereocenters. The summed E-state index contributed by atoms with van der Waals surface area (Å²) in [5.41, 5.74) is 0. The molecule has 6 heteroatoms. The molecule has 0 aliphatic heterocycles. The van der Waals surface area contributed by atoms with Crippen molar-refractivity contribution in [3.8, 4) is 0 Å². The molecule has 0 atom stereocenters. The van der Waals surface area contributed by atoms with Crippen LogP contribution in [0.15, 0.2) is 21.3 Å². The van der Waals surface area contributed by atoms with Crippen molar-refractivity contribution < 1.29 is 19.8 Å². The van der Waals surface area contributed by atoms with Crippen molar-refractivity contribution in [1.29, 1.82) is 0 Å². The maximum absolute atomic E-state index is 11.1. The van der Waals surface area contributed by atoms with Gasteiger partial charge < -0.3 is 10.2 Å². The minimum atomic E-state index is -0.281. The molecule has 0 heterocycles. The van der Waals surface area contributed by atoms with E-state index in [2.05, 4.69) is 0 Å². The first-order chi connectivity index (χ1) is 7.27. The largest absolute Gasteiger partial charge is 0.511 e. The fourth-order valence-corrected chi connectivity index (χ4v) is 3.40. The number of hydrogen-bond donors (Lipinski definition) is 2. The van der Waals surface area contributed by atoms with Gasteiger partial charge in [0.15, 0.2) is 11.6 Å². The molecular weight excluding hydrogens is 248 g/mol. The third kappa shape index (κ3) is 4.76. The minimum Gasteiger partial charge on any atom is -0.511 e. The molecule has 0 spiro atoms. The maximum Gasteiger partial charge on any atom is 0.170 e. The van der Waals surface area contributed by atoms with Crippen LogP contribution in [0.2, 0.25) is 0 Å². The molecule has 90 valence electrons. The summed E-state index contributed by atoms with van der Waals surface area (Å²) in [5.74, 6) is -0.751. The zero-order chi connectivity index (χ0) is 12.9. The van der Waals surface area contributed by atoms with Crippen LogP contribution >= 0.6 is 21.6 Å². The highest BCUT2D eigenvalue weighted by atomic mass is 33.1. The maximum atomic E-state index is 11.1. The van der Waals surface area contributed by atoms with Crippen LogP contribution in [0, 0.1) is 0 Å². The van der Waals surface area contributed by atoms with Crippen molar-refractivity contribution in [1.82, 2.24) is 0 Å². The molecule has 16 heavy (non-hydrogen) atoms. The van der Waals surface area contributed by atoms with E-state index in [-0.39, 0.29) is 32.9 Å². The Morgan fingerprint density at radius 3 is 1.12 bits per heavy atom. The average molecular weight is 262 g/mol. The molecule has 0 radical (unpaired) electrons. The van der Waals surface area contributed by atoms with Crippen LogP contribution in [0.1, 0.15) is 27.7 Å². The van der Waals surface area contributed by atoms with Crippen LogP contribution < -0.4 is 0 Å². The van der Waals surface area contributed by atoms with Crippen molar-refractivity contribution in [2.45, 2.75) is 27.7 Å². The summed E-state index contributed by atoms with van der Waals surface area (Å²) in [5, 5.41) is 18.5. The Hall–Kier alpha value is -0.880. The van der Waals surface area contributed by atoms with Gasteiger partial charge in [-0.2, -0.15) is 0 Å². The molecule has 4 nitrogen and oxygen atoms in total. The Morgan fingerprint density at radius 2 is 1.00 bits per heavy atom. The molecule has 0 bridgehead atoms. The summed E-state index contributed by atoms with van der Waals surface area (Å²) in [6.07, 6.45) is 0. The Morgan fingerprint density at radius 1 is 0.750 bits per heavy atom. The van der Waals surface area contributed by atoms with Gasteiger partial charge in [-0.15, -0.1) is 0 Å². The topological polar surface area (TPSA) is 74.6 Å². The number of carbonyl (C=O) groups is 2. The molecule has 0 aliphatic carbocycles. The van der Waals surface area contributed by atoms with E-state index < -0.39 is 0 Å². The highest BCUT2D eigenvalue weighted by Gasteiger charge is 2.15. The molecule has 0 saturated carbocycles. The molecule has 0 saturated heterocycles. The highest BCUT2D eigenvalue weighted by Crippen LogP contribution is 2.39. The summed E-state index contributed by atoms with van der Waals surface area (Å²) in [6.45, 7) is 5.44. The minimum absolute atomic E-state index is 0.0940. The number of ketones is 2. The van der Waals surface area contributed by atoms with Crippen molar-refractivity contribution in [3.05, 3.63) is 21.3 Å². The molecule has 0 aromatic heterocycles. The Balaban J connectivity index is 4.80. The predicted octanol–water partition coefficient (Wildman–Crippen LogP) is 3.12. The van der Waals surface area contributed by atoms with Crippen molar-refractivity contribution in [2.75, 3.05) is 0 Å². The zero-order valence-electron chi connectivity index (χ0n) is 9.53. The first-order valence-corrected chi connectivity index (χ1v) is 6.58. The smallest absolute Gasteiger partial charge is 0.170 e. The molecule has 2 N–H and O–H groups in total. The fourth-order valence-electron chi connectivity index (χ4n) is 0.831. The van der Waals surface area contributed by atoms with E-state index in [9.17, 15) is 19.8 Å². The summed E-state index contributed by atoms with van der Waals surface area (Å²) >= 11 is 0. The van der Waals surface area contributed by atoms with E-state index in [0.717, 1.165) is 21.6 Å². The Bertz CT molecular complexity index is 325. The van der Waals surface area contributed by atoms with E-state index in [4.69, 9.17) is 0 Å². The van der Waals surface area contributed by atoms with Gasteiger partial charge in [0, 0.05) is 0 Å². The third-order valence-electron chi connectivity index (χ3n) is 1.51. The van der Waals surface area contributed by atoms with Crippen LogP contribution in [0.3, 0.4) is 0 Å². The second kappa shape index (κ2) is 6.65. The highest BCUT2D eigenvalue weighted by molar-refractivity contribution is 8.80. The van der Waals surface area contributed by atoms with Crippen LogP contribution in [-0.4, -0.2) is 21.8 Å². The first kappa shape index (κ1) is 15.1. The lowest BCUT2D eigenvalue weighted by molar-refractivity contribution is -0.114. The van der Waals surface area contributed by atoms with Gasteiger partial charge in [-0.1, -0.05) is 0 Å². The summed E-state index contributed by atoms with van der Waals surface area (Å²) in [7, 11) is 1.92. The van der Waals surface area contributed by atoms with Gasteiger partial charge in [0.25, 0.3) is 0 Å². The standard InChI is InChI=1S/C10H14O4S2/c1-5(11)9(6(2)12)15-16-10(7(3)13)8(4)14/h11,13H,1-4H3/b9-5+,10-7+. The fraction of sp³-hybridized carbons (Fsp3) is 0.400. The predicted molar refractivity (Wildman–Crippen MR) is 67.2 cm³/mol. The Labute approximate surface area is 102 Å². The second-order valence-electron chi connectivity index (χ2n) is 3.11. The van der Waals surface area contributed by atoms with Crippen molar-refractivity contribution >= 4 is 33.2 Å². The monoisotopic (exact) mass is 262 g/mol. The Kier molecular flexibility index (Phi) is 6.28. The van der Waals surface area contributed by atoms with Gasteiger partial charge in [0.05, 0.1) is 9.81 Å². The number of hydrogen-bond acceptors (Lipinski definition) is 6. The molecule has 0 aliphatic rings. The number of aliphatic hydroxyl groups is 2. The molecular formula is C10H14O4S2. The lowest BCUT2D eigenvalue weighted by Gasteiger charge is -2.06. The van der Waals surface area contributed by atoms with E-state index in [0.29, 0.717) is 0 Å². The van der Waals surface area contributed by atoms with E-state index in [1.165, 1.54) is 27.7 Å². The third-order valence-corrected chi connectivity index (χ3v) is 4.34. The van der Waals surface area contributed by atoms with E-state index in [1.807, 2.05) is 0 Å². The number of allylic oxidation sites excluding steroid dienone is 4. The van der Waals surface area contributed by atoms with Gasteiger partial charge in [-0.3, -0.25) is 9.59 Å². The summed E-state index contributed by atoms with van der Waals surface area (Å²) in [4.78, 5) is 22.6. The van der Waals surface area contributed by atoms with Gasteiger partial charge in [0.1, 0.15) is 11.5 Å². The zero-order valence-corrected chi connectivity index (χ0v) is 11.2. The number of rotatable bonds is 5. The van der Waals surface area contributed by atoms with E-state index >= 15 is 0 Å². The SMILES string of the molecule is CC(=O)/C(SS/C(C(C)=O)=C(\C)O)=C(/C)O. The van der Waals surface area contributed by atoms with Gasteiger partial charge in [-0.25, -0.2) is 0 Å². The second-order valence-corrected chi connectivity index (χ2v) is 5.26. The van der Waals surface area contributed by atoms with Gasteiger partial charge >= 0.3 is 0 Å². The molecule has 0 amide bonds. The van der Waals surface area contributed by atoms with Crippen LogP contribution in [0.5, 0.6) is 0 Å². The van der Waals surface area contributed by atoms with E-state index in [1.54, 1.807) is 0 Å². The summed E-state index contributed by atoms with van der Waals surface area (Å²) < 4.78 is 0. The molecule has 0 fully saturated rings.